The number of hydrogen-bond donors (Lipinski definition) is 0. The number of methoxy groups -OCH3 is 1. The third-order valence-corrected chi connectivity index (χ3v) is 1.32. The first-order valence-electron chi connectivity index (χ1n) is 3.71. The average Bonchev–Trinajstić information content (AvgIpc) is 2.14. The first kappa shape index (κ1) is 9.44. The van der Waals surface area contributed by atoms with Crippen molar-refractivity contribution in [3.63, 3.8) is 0 Å². The van der Waals surface area contributed by atoms with Crippen molar-refractivity contribution in [2.24, 2.45) is 0 Å². The fourth-order valence-electron chi connectivity index (χ4n) is 0.707. The minimum atomic E-state index is -0.434. The first-order valence-corrected chi connectivity index (χ1v) is 3.71. The topological polar surface area (TPSA) is 61.3 Å². The maximum absolute atomic E-state index is 10.7. The zero-order valence-corrected chi connectivity index (χ0v) is 7.48. The van der Waals surface area contributed by atoms with E-state index in [0.717, 1.165) is 0 Å². The molecule has 5 nitrogen and oxygen atoms in total. The molecule has 0 saturated carbocycles. The summed E-state index contributed by atoms with van der Waals surface area (Å²) in [7, 11) is 1.30. The Balaban J connectivity index is 2.50. The Morgan fingerprint density at radius 1 is 1.62 bits per heavy atom. The Labute approximate surface area is 75.7 Å². The highest BCUT2D eigenvalue weighted by Crippen LogP contribution is 2.03. The molecule has 1 aromatic heterocycles. The van der Waals surface area contributed by atoms with Crippen LogP contribution in [0.4, 0.5) is 0 Å². The smallest absolute Gasteiger partial charge is 0.343 e. The van der Waals surface area contributed by atoms with Crippen LogP contribution >= 0.6 is 0 Å². The molecule has 0 fully saturated rings. The summed E-state index contributed by atoms with van der Waals surface area (Å²) in [6, 6.07) is 1.58. The Hall–Kier alpha value is -1.65. The van der Waals surface area contributed by atoms with Gasteiger partial charge in [0.15, 0.2) is 6.61 Å². The van der Waals surface area contributed by atoms with E-state index < -0.39 is 5.97 Å². The summed E-state index contributed by atoms with van der Waals surface area (Å²) in [4.78, 5) is 18.5. The minimum Gasteiger partial charge on any atom is -0.466 e. The molecule has 0 saturated heterocycles. The van der Waals surface area contributed by atoms with Crippen LogP contribution in [0.3, 0.4) is 0 Å². The number of ether oxygens (including phenoxy) is 2. The molecular weight excluding hydrogens is 172 g/mol. The Kier molecular flexibility index (Phi) is 3.19. The second-order valence-corrected chi connectivity index (χ2v) is 2.31. The standard InChI is InChI=1S/C8H10N2O3/c1-6-9-4-3-7(10-6)13-5-8(11)12-2/h3-4H,5H2,1-2H3. The van der Waals surface area contributed by atoms with Crippen molar-refractivity contribution in [1.29, 1.82) is 0 Å². The SMILES string of the molecule is COC(=O)COc1ccnc(C)n1. The molecule has 5 heteroatoms. The summed E-state index contributed by atoms with van der Waals surface area (Å²) in [6.07, 6.45) is 1.56. The summed E-state index contributed by atoms with van der Waals surface area (Å²) in [5.41, 5.74) is 0. The van der Waals surface area contributed by atoms with Gasteiger partial charge in [-0.2, -0.15) is 4.98 Å². The van der Waals surface area contributed by atoms with E-state index in [9.17, 15) is 4.79 Å². The predicted molar refractivity (Wildman–Crippen MR) is 44.3 cm³/mol. The fourth-order valence-corrected chi connectivity index (χ4v) is 0.707. The highest BCUT2D eigenvalue weighted by molar-refractivity contribution is 5.70. The van der Waals surface area contributed by atoms with Gasteiger partial charge >= 0.3 is 5.97 Å². The van der Waals surface area contributed by atoms with Crippen molar-refractivity contribution in [3.05, 3.63) is 18.1 Å². The van der Waals surface area contributed by atoms with Gasteiger partial charge in [0.25, 0.3) is 0 Å². The van der Waals surface area contributed by atoms with Crippen molar-refractivity contribution in [2.75, 3.05) is 13.7 Å². The quantitative estimate of drug-likeness (QED) is 0.630. The molecule has 70 valence electrons. The summed E-state index contributed by atoms with van der Waals surface area (Å²) in [6.45, 7) is 1.61. The largest absolute Gasteiger partial charge is 0.466 e. The molecule has 0 unspecified atom stereocenters. The predicted octanol–water partition coefficient (Wildman–Crippen LogP) is 0.337. The van der Waals surface area contributed by atoms with Crippen LogP contribution in [0.25, 0.3) is 0 Å². The van der Waals surface area contributed by atoms with Crippen LogP contribution < -0.4 is 4.74 Å². The molecule has 0 atom stereocenters. The van der Waals surface area contributed by atoms with Gasteiger partial charge in [-0.1, -0.05) is 0 Å². The van der Waals surface area contributed by atoms with E-state index in [2.05, 4.69) is 14.7 Å². The molecule has 13 heavy (non-hydrogen) atoms. The molecule has 0 N–H and O–H groups in total. The molecule has 1 rings (SSSR count). The van der Waals surface area contributed by atoms with Crippen LogP contribution in [0.2, 0.25) is 0 Å². The second-order valence-electron chi connectivity index (χ2n) is 2.31. The minimum absolute atomic E-state index is 0.132. The Bertz CT molecular complexity index is 301. The van der Waals surface area contributed by atoms with E-state index in [4.69, 9.17) is 4.74 Å². The monoisotopic (exact) mass is 182 g/mol. The number of aromatic nitrogens is 2. The van der Waals surface area contributed by atoms with Gasteiger partial charge in [-0.15, -0.1) is 0 Å². The van der Waals surface area contributed by atoms with Gasteiger partial charge in [0, 0.05) is 12.3 Å². The van der Waals surface area contributed by atoms with E-state index in [-0.39, 0.29) is 6.61 Å². The number of rotatable bonds is 3. The highest BCUT2D eigenvalue weighted by Gasteiger charge is 2.02. The van der Waals surface area contributed by atoms with Gasteiger partial charge in [-0.3, -0.25) is 0 Å². The number of hydrogen-bond acceptors (Lipinski definition) is 5. The van der Waals surface area contributed by atoms with Crippen molar-refractivity contribution in [3.8, 4) is 5.88 Å². The van der Waals surface area contributed by atoms with E-state index in [1.54, 1.807) is 19.2 Å². The molecule has 0 bridgehead atoms. The number of aryl methyl sites for hydroxylation is 1. The molecule has 0 aliphatic carbocycles. The number of nitrogens with zero attached hydrogens (tertiary/aromatic N) is 2. The molecule has 0 aromatic carbocycles. The fraction of sp³-hybridized carbons (Fsp3) is 0.375. The average molecular weight is 182 g/mol. The lowest BCUT2D eigenvalue weighted by Gasteiger charge is -2.02. The lowest BCUT2D eigenvalue weighted by molar-refractivity contribution is -0.143. The zero-order chi connectivity index (χ0) is 9.68. The third-order valence-electron chi connectivity index (χ3n) is 1.32. The summed E-state index contributed by atoms with van der Waals surface area (Å²) < 4.78 is 9.41. The number of carbonyl (C=O) groups excluding carboxylic acids is 1. The molecular formula is C8H10N2O3. The summed E-state index contributed by atoms with van der Waals surface area (Å²) >= 11 is 0. The van der Waals surface area contributed by atoms with Gasteiger partial charge in [0.1, 0.15) is 5.82 Å². The van der Waals surface area contributed by atoms with Crippen LogP contribution in [-0.4, -0.2) is 29.7 Å². The molecule has 0 aliphatic heterocycles. The van der Waals surface area contributed by atoms with Gasteiger partial charge in [-0.05, 0) is 6.92 Å². The van der Waals surface area contributed by atoms with Crippen LogP contribution in [-0.2, 0) is 9.53 Å². The Morgan fingerprint density at radius 2 is 2.38 bits per heavy atom. The maximum Gasteiger partial charge on any atom is 0.343 e. The zero-order valence-electron chi connectivity index (χ0n) is 7.48. The Morgan fingerprint density at radius 3 is 3.00 bits per heavy atom. The lowest BCUT2D eigenvalue weighted by atomic mass is 10.6. The van der Waals surface area contributed by atoms with Crippen molar-refractivity contribution in [2.45, 2.75) is 6.92 Å². The van der Waals surface area contributed by atoms with Crippen molar-refractivity contribution >= 4 is 5.97 Å². The second kappa shape index (κ2) is 4.39. The van der Waals surface area contributed by atoms with Gasteiger partial charge in [0.05, 0.1) is 7.11 Å². The van der Waals surface area contributed by atoms with Crippen molar-refractivity contribution < 1.29 is 14.3 Å². The molecule has 0 radical (unpaired) electrons. The molecule has 1 heterocycles. The maximum atomic E-state index is 10.7. The van der Waals surface area contributed by atoms with Gasteiger partial charge in [0.2, 0.25) is 5.88 Å². The highest BCUT2D eigenvalue weighted by atomic mass is 16.6. The third kappa shape index (κ3) is 3.06. The van der Waals surface area contributed by atoms with Gasteiger partial charge in [-0.25, -0.2) is 9.78 Å². The summed E-state index contributed by atoms with van der Waals surface area (Å²) in [5.74, 6) is 0.538. The molecule has 1 aromatic rings. The van der Waals surface area contributed by atoms with Gasteiger partial charge < -0.3 is 9.47 Å². The van der Waals surface area contributed by atoms with Crippen LogP contribution in [0.1, 0.15) is 5.82 Å². The van der Waals surface area contributed by atoms with Crippen LogP contribution in [0.5, 0.6) is 5.88 Å². The van der Waals surface area contributed by atoms with E-state index in [1.807, 2.05) is 0 Å². The molecule has 0 amide bonds. The summed E-state index contributed by atoms with van der Waals surface area (Å²) in [5, 5.41) is 0. The van der Waals surface area contributed by atoms with E-state index in [0.29, 0.717) is 11.7 Å². The van der Waals surface area contributed by atoms with E-state index in [1.165, 1.54) is 7.11 Å². The van der Waals surface area contributed by atoms with Crippen molar-refractivity contribution in [1.82, 2.24) is 9.97 Å². The van der Waals surface area contributed by atoms with E-state index >= 15 is 0 Å². The number of carbonyl (C=O) groups is 1. The van der Waals surface area contributed by atoms with Crippen LogP contribution in [0.15, 0.2) is 12.3 Å². The lowest BCUT2D eigenvalue weighted by Crippen LogP contribution is -2.13. The molecule has 0 spiro atoms. The van der Waals surface area contributed by atoms with Crippen LogP contribution in [0, 0.1) is 6.92 Å². The normalized spacial score (nSPS) is 9.38. The number of esters is 1. The first-order chi connectivity index (χ1) is 6.22. The molecule has 0 aliphatic rings.